The van der Waals surface area contributed by atoms with Crippen LogP contribution in [-0.2, 0) is 0 Å². The average Bonchev–Trinajstić information content (AvgIpc) is 2.74. The van der Waals surface area contributed by atoms with Crippen LogP contribution >= 0.6 is 0 Å². The van der Waals surface area contributed by atoms with Gasteiger partial charge in [-0.3, -0.25) is 0 Å². The van der Waals surface area contributed by atoms with Crippen LogP contribution in [0.4, 0.5) is 5.69 Å². The van der Waals surface area contributed by atoms with Gasteiger partial charge in [0, 0.05) is 16.6 Å². The first-order valence-electron chi connectivity index (χ1n) is 9.62. The Morgan fingerprint density at radius 1 is 0.931 bits per heavy atom. The second-order valence-corrected chi connectivity index (χ2v) is 7.22. The van der Waals surface area contributed by atoms with E-state index in [0.29, 0.717) is 5.52 Å². The average molecular weight is 384 g/mol. The van der Waals surface area contributed by atoms with Crippen LogP contribution in [0.15, 0.2) is 72.8 Å². The number of pyridine rings is 1. The van der Waals surface area contributed by atoms with Gasteiger partial charge in [-0.2, -0.15) is 0 Å². The van der Waals surface area contributed by atoms with Crippen LogP contribution in [0.2, 0.25) is 0 Å². The summed E-state index contributed by atoms with van der Waals surface area (Å²) in [6.45, 7) is 3.97. The number of nitrogens with one attached hydrogen (secondary N) is 1. The topological polar surface area (TPSA) is 54.4 Å². The molecule has 1 aromatic heterocycles. The third-order valence-electron chi connectivity index (χ3n) is 5.10. The number of hydrogen-bond acceptors (Lipinski definition) is 4. The first kappa shape index (κ1) is 18.8. The fourth-order valence-corrected chi connectivity index (χ4v) is 3.60. The van der Waals surface area contributed by atoms with Gasteiger partial charge < -0.3 is 15.2 Å². The zero-order valence-electron chi connectivity index (χ0n) is 16.8. The number of aromatic nitrogens is 1. The van der Waals surface area contributed by atoms with Crippen LogP contribution < -0.4 is 10.1 Å². The number of nitrogens with zero attached hydrogens (tertiary/aromatic N) is 1. The third kappa shape index (κ3) is 3.74. The van der Waals surface area contributed by atoms with Gasteiger partial charge in [0.05, 0.1) is 18.8 Å². The molecular weight excluding hydrogens is 360 g/mol. The number of ether oxygens (including phenoxy) is 1. The Kier molecular flexibility index (Phi) is 5.09. The fourth-order valence-electron chi connectivity index (χ4n) is 3.60. The van der Waals surface area contributed by atoms with Gasteiger partial charge in [0.25, 0.3) is 0 Å². The van der Waals surface area contributed by atoms with Crippen molar-refractivity contribution in [2.24, 2.45) is 0 Å². The summed E-state index contributed by atoms with van der Waals surface area (Å²) in [6, 6.07) is 23.7. The molecule has 4 nitrogen and oxygen atoms in total. The molecule has 146 valence electrons. The number of benzene rings is 3. The van der Waals surface area contributed by atoms with E-state index >= 15 is 0 Å². The lowest BCUT2D eigenvalue weighted by molar-refractivity contribution is 0.416. The molecule has 0 spiro atoms. The predicted molar refractivity (Wildman–Crippen MR) is 118 cm³/mol. The molecule has 0 saturated carbocycles. The van der Waals surface area contributed by atoms with Crippen molar-refractivity contribution in [2.75, 3.05) is 12.4 Å². The summed E-state index contributed by atoms with van der Waals surface area (Å²) in [5.41, 5.74) is 5.29. The molecule has 0 bridgehead atoms. The quantitative estimate of drug-likeness (QED) is 0.459. The molecule has 4 aromatic rings. The Morgan fingerprint density at radius 2 is 1.69 bits per heavy atom. The Bertz CT molecular complexity index is 1160. The largest absolute Gasteiger partial charge is 0.505 e. The fraction of sp³-hybridized carbons (Fsp3) is 0.160. The number of anilines is 1. The van der Waals surface area contributed by atoms with Crippen molar-refractivity contribution in [1.82, 2.24) is 4.98 Å². The third-order valence-corrected chi connectivity index (χ3v) is 5.10. The van der Waals surface area contributed by atoms with Gasteiger partial charge >= 0.3 is 0 Å². The van der Waals surface area contributed by atoms with Gasteiger partial charge in [-0.05, 0) is 43.2 Å². The van der Waals surface area contributed by atoms with Gasteiger partial charge in [0.15, 0.2) is 0 Å². The molecule has 0 radical (unpaired) electrons. The van der Waals surface area contributed by atoms with Crippen molar-refractivity contribution < 1.29 is 9.84 Å². The van der Waals surface area contributed by atoms with E-state index in [4.69, 9.17) is 4.74 Å². The monoisotopic (exact) mass is 384 g/mol. The second kappa shape index (κ2) is 7.84. The van der Waals surface area contributed by atoms with Gasteiger partial charge in [-0.1, -0.05) is 54.6 Å². The van der Waals surface area contributed by atoms with Gasteiger partial charge in [-0.15, -0.1) is 0 Å². The number of phenolic OH excluding ortho intramolecular Hbond substituents is 1. The van der Waals surface area contributed by atoms with E-state index in [1.807, 2.05) is 80.6 Å². The highest BCUT2D eigenvalue weighted by atomic mass is 16.5. The summed E-state index contributed by atoms with van der Waals surface area (Å²) >= 11 is 0. The highest BCUT2D eigenvalue weighted by molar-refractivity contribution is 5.86. The molecule has 0 aliphatic rings. The summed E-state index contributed by atoms with van der Waals surface area (Å²) < 4.78 is 5.55. The van der Waals surface area contributed by atoms with Crippen molar-refractivity contribution >= 4 is 16.6 Å². The smallest absolute Gasteiger partial charge is 0.147 e. The molecule has 2 N–H and O–H groups in total. The van der Waals surface area contributed by atoms with Crippen LogP contribution in [0.3, 0.4) is 0 Å². The minimum Gasteiger partial charge on any atom is -0.505 e. The number of phenols is 1. The maximum Gasteiger partial charge on any atom is 0.147 e. The summed E-state index contributed by atoms with van der Waals surface area (Å²) in [5.74, 6) is 0.949. The molecule has 4 heteroatoms. The summed E-state index contributed by atoms with van der Waals surface area (Å²) in [6.07, 6.45) is 0. The van der Waals surface area contributed by atoms with E-state index < -0.39 is 0 Å². The maximum absolute atomic E-state index is 11.1. The molecule has 29 heavy (non-hydrogen) atoms. The normalized spacial score (nSPS) is 12.0. The Balaban J connectivity index is 1.88. The van der Waals surface area contributed by atoms with Crippen molar-refractivity contribution in [3.63, 3.8) is 0 Å². The number of hydrogen-bond donors (Lipinski definition) is 2. The van der Waals surface area contributed by atoms with Gasteiger partial charge in [-0.25, -0.2) is 4.98 Å². The van der Waals surface area contributed by atoms with Crippen LogP contribution in [-0.4, -0.2) is 17.2 Å². The SMILES string of the molecule is COc1ccc(C)cc1N[C@@H](c1ccccc1)c1ccc2ccc(C)nc2c1O. The maximum atomic E-state index is 11.1. The Hall–Kier alpha value is -3.53. The first-order chi connectivity index (χ1) is 14.1. The van der Waals surface area contributed by atoms with Crippen LogP contribution in [0.5, 0.6) is 11.5 Å². The molecule has 0 aliphatic heterocycles. The van der Waals surface area contributed by atoms with E-state index in [0.717, 1.165) is 39.2 Å². The van der Waals surface area contributed by atoms with E-state index in [1.54, 1.807) is 7.11 Å². The number of rotatable bonds is 5. The molecule has 4 rings (SSSR count). The Labute approximate surface area is 170 Å². The Morgan fingerprint density at radius 3 is 2.45 bits per heavy atom. The lowest BCUT2D eigenvalue weighted by atomic mass is 9.95. The summed E-state index contributed by atoms with van der Waals surface area (Å²) in [5, 5.41) is 15.6. The number of methoxy groups -OCH3 is 1. The van der Waals surface area contributed by atoms with Crippen LogP contribution in [0.1, 0.15) is 28.4 Å². The van der Waals surface area contributed by atoms with Crippen molar-refractivity contribution in [1.29, 1.82) is 0 Å². The molecule has 0 unspecified atom stereocenters. The minimum absolute atomic E-state index is 0.194. The standard InChI is InChI=1S/C25H24N2O2/c1-16-9-14-22(29-3)21(15-16)27-23(18-7-5-4-6-8-18)20-13-12-19-11-10-17(2)26-24(19)25(20)28/h4-15,23,27-28H,1-3H3/t23-/m0/s1. The second-order valence-electron chi connectivity index (χ2n) is 7.22. The minimum atomic E-state index is -0.265. The summed E-state index contributed by atoms with van der Waals surface area (Å²) in [7, 11) is 1.66. The van der Waals surface area contributed by atoms with E-state index in [9.17, 15) is 5.11 Å². The molecule has 1 heterocycles. The van der Waals surface area contributed by atoms with Crippen molar-refractivity contribution in [3.05, 3.63) is 95.2 Å². The number of aryl methyl sites for hydroxylation is 2. The van der Waals surface area contributed by atoms with Crippen molar-refractivity contribution in [2.45, 2.75) is 19.9 Å². The van der Waals surface area contributed by atoms with E-state index in [1.165, 1.54) is 0 Å². The van der Waals surface area contributed by atoms with Crippen LogP contribution in [0.25, 0.3) is 10.9 Å². The lowest BCUT2D eigenvalue weighted by Gasteiger charge is -2.24. The molecule has 0 aliphatic carbocycles. The van der Waals surface area contributed by atoms with Crippen LogP contribution in [0, 0.1) is 13.8 Å². The molecule has 0 saturated heterocycles. The number of fused-ring (bicyclic) bond motifs is 1. The zero-order valence-corrected chi connectivity index (χ0v) is 16.8. The predicted octanol–water partition coefficient (Wildman–Crippen LogP) is 5.77. The van der Waals surface area contributed by atoms with Gasteiger partial charge in [0.1, 0.15) is 17.0 Å². The first-order valence-corrected chi connectivity index (χ1v) is 9.62. The molecule has 0 amide bonds. The molecule has 1 atom stereocenters. The summed E-state index contributed by atoms with van der Waals surface area (Å²) in [4.78, 5) is 4.56. The van der Waals surface area contributed by atoms with E-state index in [2.05, 4.69) is 16.4 Å². The van der Waals surface area contributed by atoms with E-state index in [-0.39, 0.29) is 11.8 Å². The molecule has 3 aromatic carbocycles. The number of aromatic hydroxyl groups is 1. The highest BCUT2D eigenvalue weighted by Gasteiger charge is 2.21. The molecular formula is C25H24N2O2. The van der Waals surface area contributed by atoms with Gasteiger partial charge in [0.2, 0.25) is 0 Å². The zero-order chi connectivity index (χ0) is 20.4. The highest BCUT2D eigenvalue weighted by Crippen LogP contribution is 2.38. The lowest BCUT2D eigenvalue weighted by Crippen LogP contribution is -2.13. The van der Waals surface area contributed by atoms with Crippen molar-refractivity contribution in [3.8, 4) is 11.5 Å². The molecule has 0 fully saturated rings.